The smallest absolute Gasteiger partial charge is 0.138 e. The topological polar surface area (TPSA) is 49.5 Å². The van der Waals surface area contributed by atoms with Gasteiger partial charge in [-0.3, -0.25) is 4.90 Å². The van der Waals surface area contributed by atoms with Crippen LogP contribution >= 0.6 is 0 Å². The van der Waals surface area contributed by atoms with Gasteiger partial charge in [-0.15, -0.1) is 0 Å². The van der Waals surface area contributed by atoms with Crippen LogP contribution in [0.5, 0.6) is 0 Å². The minimum absolute atomic E-state index is 0.529. The van der Waals surface area contributed by atoms with Gasteiger partial charge in [-0.05, 0) is 27.2 Å². The van der Waals surface area contributed by atoms with E-state index in [2.05, 4.69) is 10.1 Å². The van der Waals surface area contributed by atoms with Crippen LogP contribution in [0.15, 0.2) is 4.52 Å². The number of likely N-dealkylation sites (tertiary alicyclic amines) is 1. The third kappa shape index (κ3) is 2.21. The number of aryl methyl sites for hydroxylation is 2. The molecule has 1 N–H and O–H groups in total. The Morgan fingerprint density at radius 3 is 2.73 bits per heavy atom. The highest BCUT2D eigenvalue weighted by atomic mass is 16.5. The van der Waals surface area contributed by atoms with Gasteiger partial charge in [0.25, 0.3) is 0 Å². The Kier molecular flexibility index (Phi) is 2.56. The number of rotatable bonds is 2. The van der Waals surface area contributed by atoms with Crippen LogP contribution in [0.25, 0.3) is 0 Å². The van der Waals surface area contributed by atoms with Crippen LogP contribution < -0.4 is 0 Å². The summed E-state index contributed by atoms with van der Waals surface area (Å²) in [5.74, 6) is 0.888. The van der Waals surface area contributed by atoms with Crippen LogP contribution in [0.4, 0.5) is 0 Å². The summed E-state index contributed by atoms with van der Waals surface area (Å²) >= 11 is 0. The number of hydrogen-bond acceptors (Lipinski definition) is 4. The molecular formula is C11H18N2O2. The summed E-state index contributed by atoms with van der Waals surface area (Å²) in [5, 5.41) is 13.8. The maximum Gasteiger partial charge on any atom is 0.138 e. The van der Waals surface area contributed by atoms with Crippen LogP contribution in [0.1, 0.15) is 30.4 Å². The molecule has 1 fully saturated rings. The summed E-state index contributed by atoms with van der Waals surface area (Å²) in [7, 11) is 0. The average molecular weight is 210 g/mol. The van der Waals surface area contributed by atoms with Crippen molar-refractivity contribution in [3.63, 3.8) is 0 Å². The van der Waals surface area contributed by atoms with Gasteiger partial charge < -0.3 is 9.63 Å². The first-order valence-electron chi connectivity index (χ1n) is 5.34. The van der Waals surface area contributed by atoms with Gasteiger partial charge in [0, 0.05) is 25.2 Å². The van der Waals surface area contributed by atoms with Gasteiger partial charge in [0.2, 0.25) is 0 Å². The predicted octanol–water partition coefficient (Wildman–Crippen LogP) is 1.25. The summed E-state index contributed by atoms with van der Waals surface area (Å²) in [6.45, 7) is 8.29. The molecule has 0 amide bonds. The van der Waals surface area contributed by atoms with Gasteiger partial charge in [0.15, 0.2) is 0 Å². The van der Waals surface area contributed by atoms with Gasteiger partial charge in [-0.1, -0.05) is 5.16 Å². The fraction of sp³-hybridized carbons (Fsp3) is 0.727. The second-order valence-electron chi connectivity index (χ2n) is 4.76. The van der Waals surface area contributed by atoms with Crippen LogP contribution in [0, 0.1) is 13.8 Å². The normalized spacial score (nSPS) is 27.5. The molecule has 15 heavy (non-hydrogen) atoms. The zero-order valence-corrected chi connectivity index (χ0v) is 9.58. The largest absolute Gasteiger partial charge is 0.389 e. The maximum absolute atomic E-state index is 9.85. The molecule has 1 aromatic rings. The number of aliphatic hydroxyl groups is 1. The fourth-order valence-corrected chi connectivity index (χ4v) is 2.12. The van der Waals surface area contributed by atoms with Gasteiger partial charge in [0.1, 0.15) is 5.76 Å². The molecule has 1 aromatic heterocycles. The molecular weight excluding hydrogens is 192 g/mol. The molecule has 0 saturated carbocycles. The van der Waals surface area contributed by atoms with E-state index in [1.165, 1.54) is 0 Å². The van der Waals surface area contributed by atoms with Gasteiger partial charge >= 0.3 is 0 Å². The number of aromatic nitrogens is 1. The van der Waals surface area contributed by atoms with Crippen molar-refractivity contribution in [1.82, 2.24) is 10.1 Å². The van der Waals surface area contributed by atoms with E-state index in [4.69, 9.17) is 4.52 Å². The van der Waals surface area contributed by atoms with Crippen LogP contribution in [0.3, 0.4) is 0 Å². The first-order valence-corrected chi connectivity index (χ1v) is 5.34. The van der Waals surface area contributed by atoms with Gasteiger partial charge in [0.05, 0.1) is 11.3 Å². The van der Waals surface area contributed by atoms with Gasteiger partial charge in [-0.2, -0.15) is 0 Å². The van der Waals surface area contributed by atoms with Crippen molar-refractivity contribution >= 4 is 0 Å². The predicted molar refractivity (Wildman–Crippen MR) is 56.5 cm³/mol. The Labute approximate surface area is 89.9 Å². The quantitative estimate of drug-likeness (QED) is 0.798. The number of nitrogens with zero attached hydrogens (tertiary/aromatic N) is 2. The lowest BCUT2D eigenvalue weighted by molar-refractivity contribution is 0.0678. The number of β-amino-alcohol motifs (C(OH)–C–C–N with tert-alkyl or cyclic N) is 1. The van der Waals surface area contributed by atoms with Crippen molar-refractivity contribution in [3.8, 4) is 0 Å². The van der Waals surface area contributed by atoms with Crippen LogP contribution in [-0.2, 0) is 6.54 Å². The molecule has 1 aliphatic rings. The molecule has 4 heteroatoms. The molecule has 4 nitrogen and oxygen atoms in total. The minimum Gasteiger partial charge on any atom is -0.389 e. The zero-order valence-electron chi connectivity index (χ0n) is 9.58. The molecule has 84 valence electrons. The summed E-state index contributed by atoms with van der Waals surface area (Å²) in [6, 6.07) is 0. The van der Waals surface area contributed by atoms with E-state index in [1.807, 2.05) is 20.8 Å². The lowest BCUT2D eigenvalue weighted by atomic mass is 10.1. The molecule has 2 rings (SSSR count). The Morgan fingerprint density at radius 2 is 2.27 bits per heavy atom. The Bertz CT molecular complexity index is 338. The Morgan fingerprint density at radius 1 is 1.53 bits per heavy atom. The van der Waals surface area contributed by atoms with E-state index in [0.717, 1.165) is 43.1 Å². The maximum atomic E-state index is 9.85. The molecule has 0 bridgehead atoms. The molecule has 1 aliphatic heterocycles. The fourth-order valence-electron chi connectivity index (χ4n) is 2.12. The van der Waals surface area contributed by atoms with E-state index in [0.29, 0.717) is 0 Å². The standard InChI is InChI=1S/C11H18N2O2/c1-8-10(9(2)15-12-8)6-13-5-4-11(3,14)7-13/h14H,4-7H2,1-3H3. The molecule has 0 aromatic carbocycles. The molecule has 0 aliphatic carbocycles. The highest BCUT2D eigenvalue weighted by molar-refractivity contribution is 5.20. The van der Waals surface area contributed by atoms with Crippen LogP contribution in [-0.4, -0.2) is 33.9 Å². The lowest BCUT2D eigenvalue weighted by Crippen LogP contribution is -2.29. The summed E-state index contributed by atoms with van der Waals surface area (Å²) < 4.78 is 5.12. The van der Waals surface area contributed by atoms with Gasteiger partial charge in [-0.25, -0.2) is 0 Å². The summed E-state index contributed by atoms with van der Waals surface area (Å²) in [4.78, 5) is 2.24. The zero-order chi connectivity index (χ0) is 11.1. The van der Waals surface area contributed by atoms with E-state index < -0.39 is 5.60 Å². The molecule has 1 unspecified atom stereocenters. The second-order valence-corrected chi connectivity index (χ2v) is 4.76. The van der Waals surface area contributed by atoms with Crippen molar-refractivity contribution in [1.29, 1.82) is 0 Å². The summed E-state index contributed by atoms with van der Waals surface area (Å²) in [6.07, 6.45) is 0.844. The van der Waals surface area contributed by atoms with E-state index in [-0.39, 0.29) is 0 Å². The van der Waals surface area contributed by atoms with Crippen molar-refractivity contribution in [2.75, 3.05) is 13.1 Å². The Balaban J connectivity index is 2.05. The lowest BCUT2D eigenvalue weighted by Gasteiger charge is -2.18. The first-order chi connectivity index (χ1) is 6.98. The van der Waals surface area contributed by atoms with E-state index in [1.54, 1.807) is 0 Å². The molecule has 2 heterocycles. The Hall–Kier alpha value is -0.870. The molecule has 0 radical (unpaired) electrons. The number of hydrogen-bond donors (Lipinski definition) is 1. The van der Waals surface area contributed by atoms with Crippen molar-refractivity contribution in [2.24, 2.45) is 0 Å². The van der Waals surface area contributed by atoms with Crippen molar-refractivity contribution in [2.45, 2.75) is 39.3 Å². The van der Waals surface area contributed by atoms with Crippen LogP contribution in [0.2, 0.25) is 0 Å². The third-order valence-corrected chi connectivity index (χ3v) is 3.09. The molecule has 1 atom stereocenters. The average Bonchev–Trinajstić information content (AvgIpc) is 2.63. The highest BCUT2D eigenvalue weighted by Crippen LogP contribution is 2.23. The summed E-state index contributed by atoms with van der Waals surface area (Å²) in [5.41, 5.74) is 1.59. The minimum atomic E-state index is -0.529. The first kappa shape index (κ1) is 10.6. The van der Waals surface area contributed by atoms with Crippen molar-refractivity contribution < 1.29 is 9.63 Å². The molecule has 1 saturated heterocycles. The third-order valence-electron chi connectivity index (χ3n) is 3.09. The molecule has 0 spiro atoms. The highest BCUT2D eigenvalue weighted by Gasteiger charge is 2.31. The SMILES string of the molecule is Cc1noc(C)c1CN1CCC(C)(O)C1. The van der Waals surface area contributed by atoms with E-state index >= 15 is 0 Å². The van der Waals surface area contributed by atoms with E-state index in [9.17, 15) is 5.11 Å². The van der Waals surface area contributed by atoms with Crippen molar-refractivity contribution in [3.05, 3.63) is 17.0 Å². The monoisotopic (exact) mass is 210 g/mol. The second kappa shape index (κ2) is 3.61.